The number of hydrogen-bond acceptors (Lipinski definition) is 3. The first kappa shape index (κ1) is 15.5. The molecule has 1 aliphatic carbocycles. The van der Waals surface area contributed by atoms with Crippen molar-refractivity contribution in [2.24, 2.45) is 5.73 Å². The third-order valence-electron chi connectivity index (χ3n) is 3.71. The third-order valence-corrected chi connectivity index (χ3v) is 4.31. The molecule has 0 radical (unpaired) electrons. The van der Waals surface area contributed by atoms with Crippen LogP contribution in [0.2, 0.25) is 0 Å². The van der Waals surface area contributed by atoms with Crippen molar-refractivity contribution in [2.45, 2.75) is 37.8 Å². The van der Waals surface area contributed by atoms with E-state index in [1.165, 1.54) is 0 Å². The Hall–Kier alpha value is -0.840. The standard InChI is InChI=1S/C15H17BrN2O.ClH/c16-13-9-18-8-10-2-1-3-14(15(10)13)19-12-6-4-11(17)5-7-12;/h1-3,8-9,11-12H,4-7,17H2;1H/t11-,12-;. The molecule has 0 amide bonds. The lowest BCUT2D eigenvalue weighted by Crippen LogP contribution is -2.31. The second-order valence-corrected chi connectivity index (χ2v) is 5.98. The van der Waals surface area contributed by atoms with Crippen molar-refractivity contribution in [1.82, 2.24) is 4.98 Å². The molecule has 0 aliphatic heterocycles. The lowest BCUT2D eigenvalue weighted by Gasteiger charge is -2.27. The molecule has 1 aromatic carbocycles. The van der Waals surface area contributed by atoms with Crippen LogP contribution >= 0.6 is 28.3 Å². The van der Waals surface area contributed by atoms with Gasteiger partial charge in [0.05, 0.1) is 6.10 Å². The maximum absolute atomic E-state index is 6.18. The Labute approximate surface area is 133 Å². The van der Waals surface area contributed by atoms with Gasteiger partial charge in [0.15, 0.2) is 0 Å². The average molecular weight is 358 g/mol. The molecule has 5 heteroatoms. The molecule has 3 nitrogen and oxygen atoms in total. The van der Waals surface area contributed by atoms with E-state index in [4.69, 9.17) is 10.5 Å². The Morgan fingerprint density at radius 1 is 1.15 bits per heavy atom. The highest BCUT2D eigenvalue weighted by atomic mass is 79.9. The smallest absolute Gasteiger partial charge is 0.128 e. The Bertz CT molecular complexity index is 580. The van der Waals surface area contributed by atoms with E-state index in [0.717, 1.165) is 46.7 Å². The molecule has 1 saturated carbocycles. The fraction of sp³-hybridized carbons (Fsp3) is 0.400. The normalized spacial score (nSPS) is 22.3. The van der Waals surface area contributed by atoms with Crippen molar-refractivity contribution in [3.8, 4) is 5.75 Å². The SMILES string of the molecule is Cl.N[C@H]1CC[C@H](Oc2cccc3cncc(Br)c23)CC1. The van der Waals surface area contributed by atoms with E-state index in [-0.39, 0.29) is 18.5 Å². The number of rotatable bonds is 2. The van der Waals surface area contributed by atoms with Gasteiger partial charge in [-0.1, -0.05) is 12.1 Å². The van der Waals surface area contributed by atoms with Crippen molar-refractivity contribution >= 4 is 39.1 Å². The monoisotopic (exact) mass is 356 g/mol. The molecule has 1 heterocycles. The van der Waals surface area contributed by atoms with Crippen molar-refractivity contribution < 1.29 is 4.74 Å². The first-order valence-electron chi connectivity index (χ1n) is 6.68. The van der Waals surface area contributed by atoms with E-state index in [0.29, 0.717) is 6.04 Å². The van der Waals surface area contributed by atoms with Crippen molar-refractivity contribution in [2.75, 3.05) is 0 Å². The second-order valence-electron chi connectivity index (χ2n) is 5.13. The Morgan fingerprint density at radius 2 is 1.90 bits per heavy atom. The van der Waals surface area contributed by atoms with Gasteiger partial charge < -0.3 is 10.5 Å². The highest BCUT2D eigenvalue weighted by Gasteiger charge is 2.20. The highest BCUT2D eigenvalue weighted by Crippen LogP contribution is 2.33. The zero-order chi connectivity index (χ0) is 13.2. The summed E-state index contributed by atoms with van der Waals surface area (Å²) in [5.41, 5.74) is 5.93. The molecule has 0 bridgehead atoms. The summed E-state index contributed by atoms with van der Waals surface area (Å²) in [6.45, 7) is 0. The summed E-state index contributed by atoms with van der Waals surface area (Å²) >= 11 is 3.56. The molecule has 108 valence electrons. The Morgan fingerprint density at radius 3 is 2.65 bits per heavy atom. The summed E-state index contributed by atoms with van der Waals surface area (Å²) in [6.07, 6.45) is 8.15. The number of fused-ring (bicyclic) bond motifs is 1. The molecular formula is C15H18BrClN2O. The molecule has 0 atom stereocenters. The van der Waals surface area contributed by atoms with Crippen LogP contribution in [0.3, 0.4) is 0 Å². The molecule has 1 aromatic heterocycles. The minimum atomic E-state index is 0. The largest absolute Gasteiger partial charge is 0.490 e. The van der Waals surface area contributed by atoms with Gasteiger partial charge in [-0.2, -0.15) is 0 Å². The number of ether oxygens (including phenoxy) is 1. The summed E-state index contributed by atoms with van der Waals surface area (Å²) in [5, 5.41) is 2.20. The molecule has 3 rings (SSSR count). The van der Waals surface area contributed by atoms with Crippen molar-refractivity contribution in [1.29, 1.82) is 0 Å². The number of halogens is 2. The highest BCUT2D eigenvalue weighted by molar-refractivity contribution is 9.10. The maximum atomic E-state index is 6.18. The number of aromatic nitrogens is 1. The lowest BCUT2D eigenvalue weighted by molar-refractivity contribution is 0.149. The van der Waals surface area contributed by atoms with E-state index in [1.807, 2.05) is 24.5 Å². The molecule has 0 spiro atoms. The number of hydrogen-bond donors (Lipinski definition) is 1. The zero-order valence-corrected chi connectivity index (χ0v) is 13.5. The van der Waals surface area contributed by atoms with Crippen LogP contribution in [0.25, 0.3) is 10.8 Å². The van der Waals surface area contributed by atoms with Crippen LogP contribution < -0.4 is 10.5 Å². The first-order chi connectivity index (χ1) is 9.24. The van der Waals surface area contributed by atoms with Crippen molar-refractivity contribution in [3.05, 3.63) is 35.1 Å². The Kier molecular flexibility index (Phi) is 5.24. The van der Waals surface area contributed by atoms with Crippen LogP contribution in [-0.2, 0) is 0 Å². The van der Waals surface area contributed by atoms with Crippen LogP contribution in [-0.4, -0.2) is 17.1 Å². The van der Waals surface area contributed by atoms with Crippen LogP contribution in [0.1, 0.15) is 25.7 Å². The molecule has 2 aromatic rings. The number of nitrogens with two attached hydrogens (primary N) is 1. The van der Waals surface area contributed by atoms with Gasteiger partial charge in [0.25, 0.3) is 0 Å². The third kappa shape index (κ3) is 3.25. The van der Waals surface area contributed by atoms with Gasteiger partial charge in [-0.15, -0.1) is 12.4 Å². The number of nitrogens with zero attached hydrogens (tertiary/aromatic N) is 1. The van der Waals surface area contributed by atoms with Gasteiger partial charge in [-0.05, 0) is 47.7 Å². The van der Waals surface area contributed by atoms with E-state index in [9.17, 15) is 0 Å². The molecule has 2 N–H and O–H groups in total. The van der Waals surface area contributed by atoms with Gasteiger partial charge in [-0.25, -0.2) is 0 Å². The summed E-state index contributed by atoms with van der Waals surface area (Å²) < 4.78 is 7.16. The van der Waals surface area contributed by atoms with Gasteiger partial charge in [-0.3, -0.25) is 4.98 Å². The predicted octanol–water partition coefficient (Wildman–Crippen LogP) is 4.07. The number of benzene rings is 1. The fourth-order valence-corrected chi connectivity index (χ4v) is 3.19. The van der Waals surface area contributed by atoms with Gasteiger partial charge in [0.1, 0.15) is 5.75 Å². The van der Waals surface area contributed by atoms with Crippen LogP contribution in [0.5, 0.6) is 5.75 Å². The average Bonchev–Trinajstić information content (AvgIpc) is 2.42. The van der Waals surface area contributed by atoms with Gasteiger partial charge >= 0.3 is 0 Å². The number of pyridine rings is 1. The summed E-state index contributed by atoms with van der Waals surface area (Å²) in [4.78, 5) is 4.19. The predicted molar refractivity (Wildman–Crippen MR) is 87.6 cm³/mol. The minimum absolute atomic E-state index is 0. The van der Waals surface area contributed by atoms with Crippen molar-refractivity contribution in [3.63, 3.8) is 0 Å². The van der Waals surface area contributed by atoms with Crippen LogP contribution in [0.15, 0.2) is 35.1 Å². The van der Waals surface area contributed by atoms with E-state index >= 15 is 0 Å². The topological polar surface area (TPSA) is 48.1 Å². The first-order valence-corrected chi connectivity index (χ1v) is 7.48. The van der Waals surface area contributed by atoms with E-state index < -0.39 is 0 Å². The molecule has 1 fully saturated rings. The quantitative estimate of drug-likeness (QED) is 0.881. The summed E-state index contributed by atoms with van der Waals surface area (Å²) in [5.74, 6) is 0.937. The molecule has 1 aliphatic rings. The Balaban J connectivity index is 0.00000147. The summed E-state index contributed by atoms with van der Waals surface area (Å²) in [7, 11) is 0. The van der Waals surface area contributed by atoms with Crippen LogP contribution in [0.4, 0.5) is 0 Å². The molecule has 0 saturated heterocycles. The zero-order valence-electron chi connectivity index (χ0n) is 11.1. The summed E-state index contributed by atoms with van der Waals surface area (Å²) in [6, 6.07) is 6.45. The molecule has 0 unspecified atom stereocenters. The van der Waals surface area contributed by atoms with Crippen LogP contribution in [0, 0.1) is 0 Å². The minimum Gasteiger partial charge on any atom is -0.490 e. The van der Waals surface area contributed by atoms with E-state index in [1.54, 1.807) is 0 Å². The van der Waals surface area contributed by atoms with E-state index in [2.05, 4.69) is 27.0 Å². The lowest BCUT2D eigenvalue weighted by atomic mass is 9.93. The van der Waals surface area contributed by atoms with Gasteiger partial charge in [0.2, 0.25) is 0 Å². The molecular weight excluding hydrogens is 340 g/mol. The fourth-order valence-electron chi connectivity index (χ4n) is 2.64. The molecule has 20 heavy (non-hydrogen) atoms. The maximum Gasteiger partial charge on any atom is 0.128 e. The second kappa shape index (κ2) is 6.74. The van der Waals surface area contributed by atoms with Gasteiger partial charge in [0, 0.05) is 33.7 Å².